The third-order valence-electron chi connectivity index (χ3n) is 6.21. The highest BCUT2D eigenvalue weighted by molar-refractivity contribution is 7.90. The Balaban J connectivity index is 1.79. The van der Waals surface area contributed by atoms with Crippen LogP contribution in [0.3, 0.4) is 0 Å². The Morgan fingerprint density at radius 2 is 1.89 bits per heavy atom. The van der Waals surface area contributed by atoms with E-state index in [4.69, 9.17) is 0 Å². The van der Waals surface area contributed by atoms with E-state index in [0.29, 0.717) is 12.0 Å². The lowest BCUT2D eigenvalue weighted by Gasteiger charge is -2.36. The molecule has 0 radical (unpaired) electrons. The van der Waals surface area contributed by atoms with E-state index in [1.54, 1.807) is 6.20 Å². The Bertz CT molecular complexity index is 695. The van der Waals surface area contributed by atoms with Crippen molar-refractivity contribution in [1.29, 1.82) is 0 Å². The van der Waals surface area contributed by atoms with Crippen LogP contribution < -0.4 is 0 Å². The first-order valence-electron chi connectivity index (χ1n) is 10.6. The van der Waals surface area contributed by atoms with E-state index in [1.165, 1.54) is 51.2 Å². The van der Waals surface area contributed by atoms with Gasteiger partial charge < -0.3 is 9.67 Å². The first kappa shape index (κ1) is 20.8. The zero-order valence-electron chi connectivity index (χ0n) is 16.6. The number of hydrogen-bond donors (Lipinski definition) is 1. The van der Waals surface area contributed by atoms with Gasteiger partial charge in [-0.15, -0.1) is 0 Å². The number of aliphatic hydroxyl groups is 1. The maximum absolute atomic E-state index is 12.3. The van der Waals surface area contributed by atoms with Crippen molar-refractivity contribution in [3.05, 3.63) is 11.9 Å². The van der Waals surface area contributed by atoms with Crippen molar-refractivity contribution in [3.63, 3.8) is 0 Å². The summed E-state index contributed by atoms with van der Waals surface area (Å²) >= 11 is 0. The van der Waals surface area contributed by atoms with E-state index in [1.807, 2.05) is 4.57 Å². The van der Waals surface area contributed by atoms with Gasteiger partial charge in [0, 0.05) is 32.0 Å². The summed E-state index contributed by atoms with van der Waals surface area (Å²) in [5.74, 6) is 0.554. The second-order valence-electron chi connectivity index (χ2n) is 8.40. The molecular formula is C20H35N3O3S. The highest BCUT2D eigenvalue weighted by Crippen LogP contribution is 2.28. The Morgan fingerprint density at radius 3 is 2.59 bits per heavy atom. The predicted octanol–water partition coefficient (Wildman–Crippen LogP) is 2.99. The van der Waals surface area contributed by atoms with Gasteiger partial charge in [0.2, 0.25) is 15.0 Å². The van der Waals surface area contributed by atoms with Crippen LogP contribution in [0.25, 0.3) is 0 Å². The minimum absolute atomic E-state index is 0.229. The van der Waals surface area contributed by atoms with Crippen LogP contribution in [0.15, 0.2) is 11.4 Å². The number of aliphatic hydroxyl groups excluding tert-OH is 1. The van der Waals surface area contributed by atoms with E-state index in [-0.39, 0.29) is 11.8 Å². The summed E-state index contributed by atoms with van der Waals surface area (Å²) in [5, 5.41) is 9.42. The highest BCUT2D eigenvalue weighted by atomic mass is 32.2. The maximum Gasteiger partial charge on any atom is 0.227 e. The molecule has 0 aromatic carbocycles. The average Bonchev–Trinajstić information content (AvgIpc) is 3.04. The first-order chi connectivity index (χ1) is 13.0. The number of aromatic nitrogens is 2. The van der Waals surface area contributed by atoms with Crippen LogP contribution in [-0.2, 0) is 22.9 Å². The molecule has 0 amide bonds. The smallest absolute Gasteiger partial charge is 0.227 e. The van der Waals surface area contributed by atoms with Gasteiger partial charge in [-0.1, -0.05) is 25.7 Å². The molecule has 1 atom stereocenters. The predicted molar refractivity (Wildman–Crippen MR) is 106 cm³/mol. The van der Waals surface area contributed by atoms with Crippen LogP contribution in [0, 0.1) is 5.92 Å². The lowest BCUT2D eigenvalue weighted by atomic mass is 9.89. The van der Waals surface area contributed by atoms with Gasteiger partial charge in [0.05, 0.1) is 11.9 Å². The largest absolute Gasteiger partial charge is 0.396 e. The molecule has 1 aliphatic carbocycles. The summed E-state index contributed by atoms with van der Waals surface area (Å²) in [6.07, 6.45) is 14.6. The fourth-order valence-corrected chi connectivity index (χ4v) is 5.60. The Hall–Kier alpha value is -0.920. The zero-order chi connectivity index (χ0) is 19.3. The number of piperidine rings is 1. The van der Waals surface area contributed by atoms with Crippen LogP contribution in [0.4, 0.5) is 0 Å². The molecule has 7 heteroatoms. The lowest BCUT2D eigenvalue weighted by Crippen LogP contribution is -2.39. The molecule has 1 aliphatic heterocycles. The summed E-state index contributed by atoms with van der Waals surface area (Å²) in [4.78, 5) is 6.79. The number of rotatable bonds is 8. The third-order valence-corrected chi connectivity index (χ3v) is 7.20. The quantitative estimate of drug-likeness (QED) is 0.730. The average molecular weight is 398 g/mol. The van der Waals surface area contributed by atoms with Crippen LogP contribution in [-0.4, -0.2) is 53.4 Å². The van der Waals surface area contributed by atoms with E-state index in [9.17, 15) is 13.5 Å². The Kier molecular flexibility index (Phi) is 7.34. The van der Waals surface area contributed by atoms with Gasteiger partial charge in [0.15, 0.2) is 0 Å². The van der Waals surface area contributed by atoms with Crippen LogP contribution in [0.2, 0.25) is 0 Å². The minimum atomic E-state index is -3.33. The van der Waals surface area contributed by atoms with E-state index in [2.05, 4.69) is 9.88 Å². The molecule has 1 saturated heterocycles. The fourth-order valence-electron chi connectivity index (χ4n) is 4.77. The van der Waals surface area contributed by atoms with Gasteiger partial charge in [-0.3, -0.25) is 4.90 Å². The summed E-state index contributed by atoms with van der Waals surface area (Å²) in [6.45, 7) is 2.80. The van der Waals surface area contributed by atoms with Gasteiger partial charge >= 0.3 is 0 Å². The maximum atomic E-state index is 12.3. The molecule has 1 aromatic heterocycles. The summed E-state index contributed by atoms with van der Waals surface area (Å²) < 4.78 is 26.6. The zero-order valence-corrected chi connectivity index (χ0v) is 17.5. The lowest BCUT2D eigenvalue weighted by molar-refractivity contribution is 0.120. The number of imidazole rings is 1. The van der Waals surface area contributed by atoms with E-state index in [0.717, 1.165) is 44.6 Å². The van der Waals surface area contributed by atoms with Crippen LogP contribution in [0.5, 0.6) is 0 Å². The fraction of sp³-hybridized carbons (Fsp3) is 0.850. The van der Waals surface area contributed by atoms with Gasteiger partial charge in [-0.25, -0.2) is 13.4 Å². The van der Waals surface area contributed by atoms with Gasteiger partial charge in [-0.2, -0.15) is 0 Å². The number of nitrogens with zero attached hydrogens (tertiary/aromatic N) is 3. The van der Waals surface area contributed by atoms with Crippen molar-refractivity contribution in [2.45, 2.75) is 88.5 Å². The second kappa shape index (κ2) is 9.52. The van der Waals surface area contributed by atoms with Crippen molar-refractivity contribution in [2.24, 2.45) is 5.92 Å². The molecule has 2 aliphatic rings. The number of likely N-dealkylation sites (tertiary alicyclic amines) is 1. The monoisotopic (exact) mass is 397 g/mol. The van der Waals surface area contributed by atoms with Crippen molar-refractivity contribution < 1.29 is 13.5 Å². The Labute approximate surface area is 163 Å². The highest BCUT2D eigenvalue weighted by Gasteiger charge is 2.27. The van der Waals surface area contributed by atoms with Crippen LogP contribution in [0.1, 0.15) is 69.9 Å². The molecule has 2 heterocycles. The molecule has 6 nitrogen and oxygen atoms in total. The molecule has 2 fully saturated rings. The normalized spacial score (nSPS) is 23.0. The molecule has 154 valence electrons. The van der Waals surface area contributed by atoms with E-state index >= 15 is 0 Å². The van der Waals surface area contributed by atoms with Crippen molar-refractivity contribution in [1.82, 2.24) is 14.5 Å². The molecule has 1 saturated carbocycles. The summed E-state index contributed by atoms with van der Waals surface area (Å²) in [6, 6.07) is 0.477. The second-order valence-corrected chi connectivity index (χ2v) is 10.3. The number of sulfone groups is 1. The molecule has 0 bridgehead atoms. The Morgan fingerprint density at radius 1 is 1.15 bits per heavy atom. The third kappa shape index (κ3) is 5.55. The number of hydrogen-bond acceptors (Lipinski definition) is 5. The van der Waals surface area contributed by atoms with E-state index < -0.39 is 9.84 Å². The van der Waals surface area contributed by atoms with Crippen molar-refractivity contribution in [3.8, 4) is 0 Å². The molecule has 0 spiro atoms. The van der Waals surface area contributed by atoms with Gasteiger partial charge in [-0.05, 0) is 51.0 Å². The molecule has 1 aromatic rings. The molecular weight excluding hydrogens is 362 g/mol. The van der Waals surface area contributed by atoms with Crippen molar-refractivity contribution in [2.75, 3.05) is 19.4 Å². The molecule has 27 heavy (non-hydrogen) atoms. The molecule has 0 unspecified atom stereocenters. The summed E-state index contributed by atoms with van der Waals surface area (Å²) in [5.41, 5.74) is 1.02. The van der Waals surface area contributed by atoms with Gasteiger partial charge in [0.1, 0.15) is 0 Å². The van der Waals surface area contributed by atoms with Gasteiger partial charge in [0.25, 0.3) is 0 Å². The SMILES string of the molecule is CS(=O)(=O)c1ncc(CN2CCCC[C@H]2CCCO)n1CC1CCCCC1. The molecule has 3 rings (SSSR count). The van der Waals surface area contributed by atoms with Crippen LogP contribution >= 0.6 is 0 Å². The standard InChI is InChI=1S/C20H35N3O3S/c1-27(25,26)20-21-14-19(23(20)15-17-8-3-2-4-9-17)16-22-12-6-5-10-18(22)11-7-13-24/h14,17-18,24H,2-13,15-16H2,1H3/t18-/m0/s1. The summed E-state index contributed by atoms with van der Waals surface area (Å²) in [7, 11) is -3.33. The topological polar surface area (TPSA) is 75.4 Å². The minimum Gasteiger partial charge on any atom is -0.396 e. The van der Waals surface area contributed by atoms with Crippen molar-refractivity contribution >= 4 is 9.84 Å². The first-order valence-corrected chi connectivity index (χ1v) is 12.5. The molecule has 1 N–H and O–H groups in total.